The summed E-state index contributed by atoms with van der Waals surface area (Å²) in [6, 6.07) is 5.67. The molecule has 0 amide bonds. The van der Waals surface area contributed by atoms with Crippen molar-refractivity contribution in [2.75, 3.05) is 0 Å². The minimum atomic E-state index is -0.210. The normalized spacial score (nSPS) is 21.9. The van der Waals surface area contributed by atoms with Crippen molar-refractivity contribution >= 4 is 15.9 Å². The molecule has 1 aliphatic rings. The molecule has 0 saturated carbocycles. The van der Waals surface area contributed by atoms with Gasteiger partial charge in [0.05, 0.1) is 4.47 Å². The molecular weight excluding hydrogens is 319 g/mol. The van der Waals surface area contributed by atoms with Crippen molar-refractivity contribution in [2.45, 2.75) is 64.2 Å². The number of piperidine rings is 1. The van der Waals surface area contributed by atoms with E-state index in [2.05, 4.69) is 54.3 Å². The fourth-order valence-corrected chi connectivity index (χ4v) is 3.80. The number of halogens is 2. The SMILES string of the molecule is CC1(C)CC(NCc2ccc(F)c(Br)c2)CC(C)(C)N1. The van der Waals surface area contributed by atoms with Gasteiger partial charge in [-0.05, 0) is 74.2 Å². The van der Waals surface area contributed by atoms with Crippen molar-refractivity contribution in [2.24, 2.45) is 0 Å². The molecule has 0 unspecified atom stereocenters. The van der Waals surface area contributed by atoms with Gasteiger partial charge in [-0.15, -0.1) is 0 Å². The Morgan fingerprint density at radius 2 is 1.85 bits per heavy atom. The lowest BCUT2D eigenvalue weighted by atomic mass is 9.79. The van der Waals surface area contributed by atoms with E-state index in [4.69, 9.17) is 0 Å². The zero-order valence-corrected chi connectivity index (χ0v) is 14.3. The molecule has 2 rings (SSSR count). The van der Waals surface area contributed by atoms with Crippen LogP contribution in [0.15, 0.2) is 22.7 Å². The number of benzene rings is 1. The number of rotatable bonds is 3. The topological polar surface area (TPSA) is 24.1 Å². The first-order chi connectivity index (χ1) is 9.17. The lowest BCUT2D eigenvalue weighted by Crippen LogP contribution is -2.61. The van der Waals surface area contributed by atoms with E-state index in [0.29, 0.717) is 10.5 Å². The lowest BCUT2D eigenvalue weighted by Gasteiger charge is -2.46. The second-order valence-electron chi connectivity index (χ2n) is 7.13. The Morgan fingerprint density at radius 3 is 2.40 bits per heavy atom. The smallest absolute Gasteiger partial charge is 0.137 e. The van der Waals surface area contributed by atoms with Crippen LogP contribution >= 0.6 is 15.9 Å². The van der Waals surface area contributed by atoms with Crippen LogP contribution < -0.4 is 10.6 Å². The molecule has 0 bridgehead atoms. The van der Waals surface area contributed by atoms with E-state index in [-0.39, 0.29) is 16.9 Å². The molecule has 2 nitrogen and oxygen atoms in total. The quantitative estimate of drug-likeness (QED) is 0.867. The van der Waals surface area contributed by atoms with Crippen LogP contribution in [0.4, 0.5) is 4.39 Å². The molecule has 1 aliphatic heterocycles. The van der Waals surface area contributed by atoms with Crippen LogP contribution in [-0.2, 0) is 6.54 Å². The maximum absolute atomic E-state index is 13.2. The Labute approximate surface area is 129 Å². The third-order valence-electron chi connectivity index (χ3n) is 3.77. The maximum atomic E-state index is 13.2. The molecule has 0 radical (unpaired) electrons. The van der Waals surface area contributed by atoms with Gasteiger partial charge in [0.1, 0.15) is 5.82 Å². The lowest BCUT2D eigenvalue weighted by molar-refractivity contribution is 0.145. The largest absolute Gasteiger partial charge is 0.310 e. The standard InChI is InChI=1S/C16H24BrFN2/c1-15(2)8-12(9-16(3,4)20-15)19-10-11-5-6-14(18)13(17)7-11/h5-7,12,19-20H,8-10H2,1-4H3. The Bertz CT molecular complexity index is 469. The highest BCUT2D eigenvalue weighted by atomic mass is 79.9. The van der Waals surface area contributed by atoms with Gasteiger partial charge in [0.15, 0.2) is 0 Å². The average molecular weight is 343 g/mol. The summed E-state index contributed by atoms with van der Waals surface area (Å²) < 4.78 is 13.8. The molecule has 1 saturated heterocycles. The van der Waals surface area contributed by atoms with Gasteiger partial charge in [-0.3, -0.25) is 0 Å². The van der Waals surface area contributed by atoms with Crippen molar-refractivity contribution in [1.82, 2.24) is 10.6 Å². The molecule has 1 aromatic carbocycles. The van der Waals surface area contributed by atoms with Crippen molar-refractivity contribution in [1.29, 1.82) is 0 Å². The van der Waals surface area contributed by atoms with Crippen molar-refractivity contribution in [3.05, 3.63) is 34.1 Å². The minimum Gasteiger partial charge on any atom is -0.310 e. The first kappa shape index (κ1) is 15.9. The van der Waals surface area contributed by atoms with Gasteiger partial charge in [-0.2, -0.15) is 0 Å². The van der Waals surface area contributed by atoms with Crippen LogP contribution in [-0.4, -0.2) is 17.1 Å². The molecule has 1 aromatic rings. The van der Waals surface area contributed by atoms with Gasteiger partial charge < -0.3 is 10.6 Å². The van der Waals surface area contributed by atoms with E-state index >= 15 is 0 Å². The molecule has 0 atom stereocenters. The van der Waals surface area contributed by atoms with Gasteiger partial charge in [-0.25, -0.2) is 4.39 Å². The molecule has 1 heterocycles. The van der Waals surface area contributed by atoms with Crippen LogP contribution in [0.1, 0.15) is 46.1 Å². The van der Waals surface area contributed by atoms with Crippen LogP contribution in [0, 0.1) is 5.82 Å². The van der Waals surface area contributed by atoms with Gasteiger partial charge >= 0.3 is 0 Å². The average Bonchev–Trinajstić information content (AvgIpc) is 2.27. The predicted molar refractivity (Wildman–Crippen MR) is 85.3 cm³/mol. The summed E-state index contributed by atoms with van der Waals surface area (Å²) in [5, 5.41) is 7.29. The Hall–Kier alpha value is -0.450. The molecular formula is C16H24BrFN2. The molecule has 20 heavy (non-hydrogen) atoms. The van der Waals surface area contributed by atoms with Gasteiger partial charge in [0, 0.05) is 23.7 Å². The van der Waals surface area contributed by atoms with Crippen LogP contribution in [0.3, 0.4) is 0 Å². The van der Waals surface area contributed by atoms with E-state index in [1.165, 1.54) is 6.07 Å². The highest BCUT2D eigenvalue weighted by Gasteiger charge is 2.37. The van der Waals surface area contributed by atoms with Crippen molar-refractivity contribution < 1.29 is 4.39 Å². The maximum Gasteiger partial charge on any atom is 0.137 e. The molecule has 2 N–H and O–H groups in total. The Morgan fingerprint density at radius 1 is 1.25 bits per heavy atom. The minimum absolute atomic E-state index is 0.142. The number of hydrogen-bond acceptors (Lipinski definition) is 2. The monoisotopic (exact) mass is 342 g/mol. The van der Waals surface area contributed by atoms with E-state index in [0.717, 1.165) is 24.9 Å². The summed E-state index contributed by atoms with van der Waals surface area (Å²) in [6.45, 7) is 9.76. The van der Waals surface area contributed by atoms with Crippen LogP contribution in [0.2, 0.25) is 0 Å². The van der Waals surface area contributed by atoms with E-state index < -0.39 is 0 Å². The number of hydrogen-bond donors (Lipinski definition) is 2. The van der Waals surface area contributed by atoms with Crippen molar-refractivity contribution in [3.63, 3.8) is 0 Å². The summed E-state index contributed by atoms with van der Waals surface area (Å²) in [6.07, 6.45) is 2.19. The second kappa shape index (κ2) is 5.74. The predicted octanol–water partition coefficient (Wildman–Crippen LogP) is 3.99. The summed E-state index contributed by atoms with van der Waals surface area (Å²) in [5.41, 5.74) is 1.39. The molecule has 0 aromatic heterocycles. The molecule has 0 spiro atoms. The van der Waals surface area contributed by atoms with Gasteiger partial charge in [0.2, 0.25) is 0 Å². The molecule has 112 valence electrons. The summed E-state index contributed by atoms with van der Waals surface area (Å²) in [4.78, 5) is 0. The van der Waals surface area contributed by atoms with Gasteiger partial charge in [-0.1, -0.05) is 6.07 Å². The zero-order valence-electron chi connectivity index (χ0n) is 12.7. The first-order valence-electron chi connectivity index (χ1n) is 7.14. The van der Waals surface area contributed by atoms with Crippen LogP contribution in [0.25, 0.3) is 0 Å². The molecule has 1 fully saturated rings. The van der Waals surface area contributed by atoms with Gasteiger partial charge in [0.25, 0.3) is 0 Å². The van der Waals surface area contributed by atoms with E-state index in [1.807, 2.05) is 12.1 Å². The Kier molecular flexibility index (Phi) is 4.57. The fraction of sp³-hybridized carbons (Fsp3) is 0.625. The fourth-order valence-electron chi connectivity index (χ4n) is 3.38. The van der Waals surface area contributed by atoms with Crippen LogP contribution in [0.5, 0.6) is 0 Å². The van der Waals surface area contributed by atoms with E-state index in [1.54, 1.807) is 0 Å². The second-order valence-corrected chi connectivity index (χ2v) is 7.98. The van der Waals surface area contributed by atoms with Crippen molar-refractivity contribution in [3.8, 4) is 0 Å². The first-order valence-corrected chi connectivity index (χ1v) is 7.93. The summed E-state index contributed by atoms with van der Waals surface area (Å²) in [7, 11) is 0. The zero-order chi connectivity index (χ0) is 15.0. The third-order valence-corrected chi connectivity index (χ3v) is 4.38. The summed E-state index contributed by atoms with van der Waals surface area (Å²) in [5.74, 6) is -0.210. The summed E-state index contributed by atoms with van der Waals surface area (Å²) >= 11 is 3.24. The molecule has 4 heteroatoms. The third kappa shape index (κ3) is 4.27. The van der Waals surface area contributed by atoms with E-state index in [9.17, 15) is 4.39 Å². The Balaban J connectivity index is 1.98. The number of nitrogens with one attached hydrogen (secondary N) is 2. The molecule has 0 aliphatic carbocycles. The highest BCUT2D eigenvalue weighted by molar-refractivity contribution is 9.10. The highest BCUT2D eigenvalue weighted by Crippen LogP contribution is 2.28.